The molecule has 0 aliphatic heterocycles. The molecule has 0 heterocycles. The van der Waals surface area contributed by atoms with Crippen molar-refractivity contribution in [1.82, 2.24) is 4.90 Å². The van der Waals surface area contributed by atoms with Crippen LogP contribution in [0.5, 0.6) is 0 Å². The standard InChI is InChI=1S/C12H26N/c1-5-8-9-12(7-3)11-13(4)10-6-2/h12H,2,5-11H2,1,3-4H3. The van der Waals surface area contributed by atoms with Crippen LogP contribution >= 0.6 is 0 Å². The van der Waals surface area contributed by atoms with Crippen molar-refractivity contribution >= 4 is 0 Å². The molecule has 0 aromatic rings. The summed E-state index contributed by atoms with van der Waals surface area (Å²) in [5.74, 6) is 0.900. The summed E-state index contributed by atoms with van der Waals surface area (Å²) in [4.78, 5) is 2.41. The Balaban J connectivity index is 3.56. The smallest absolute Gasteiger partial charge is 0.000650 e. The van der Waals surface area contributed by atoms with Crippen LogP contribution < -0.4 is 0 Å². The first-order valence-electron chi connectivity index (χ1n) is 5.72. The molecule has 1 atom stereocenters. The predicted molar refractivity (Wildman–Crippen MR) is 60.8 cm³/mol. The van der Waals surface area contributed by atoms with Crippen molar-refractivity contribution in [2.45, 2.75) is 46.0 Å². The van der Waals surface area contributed by atoms with Gasteiger partial charge in [0.2, 0.25) is 0 Å². The summed E-state index contributed by atoms with van der Waals surface area (Å²) in [7, 11) is 2.21. The van der Waals surface area contributed by atoms with Crippen LogP contribution in [0.4, 0.5) is 0 Å². The minimum atomic E-state index is 0.900. The van der Waals surface area contributed by atoms with Crippen molar-refractivity contribution in [2.24, 2.45) is 5.92 Å². The highest BCUT2D eigenvalue weighted by Crippen LogP contribution is 2.13. The number of hydrogen-bond acceptors (Lipinski definition) is 1. The van der Waals surface area contributed by atoms with E-state index < -0.39 is 0 Å². The Morgan fingerprint density at radius 3 is 2.46 bits per heavy atom. The Labute approximate surface area is 84.5 Å². The van der Waals surface area contributed by atoms with E-state index in [0.29, 0.717) is 0 Å². The number of hydrogen-bond donors (Lipinski definition) is 0. The highest BCUT2D eigenvalue weighted by atomic mass is 15.1. The van der Waals surface area contributed by atoms with Gasteiger partial charge < -0.3 is 4.90 Å². The molecule has 0 N–H and O–H groups in total. The van der Waals surface area contributed by atoms with Gasteiger partial charge in [0, 0.05) is 6.54 Å². The first-order chi connectivity index (χ1) is 6.24. The summed E-state index contributed by atoms with van der Waals surface area (Å²) < 4.78 is 0. The van der Waals surface area contributed by atoms with Crippen LogP contribution in [0.2, 0.25) is 0 Å². The number of unbranched alkanes of at least 4 members (excludes halogenated alkanes) is 1. The van der Waals surface area contributed by atoms with E-state index in [1.165, 1.54) is 32.2 Å². The molecule has 0 aliphatic rings. The third kappa shape index (κ3) is 7.06. The van der Waals surface area contributed by atoms with Gasteiger partial charge in [-0.2, -0.15) is 0 Å². The molecule has 0 bridgehead atoms. The fourth-order valence-electron chi connectivity index (χ4n) is 1.72. The second kappa shape index (κ2) is 8.55. The molecule has 0 saturated carbocycles. The largest absolute Gasteiger partial charge is 0.306 e. The van der Waals surface area contributed by atoms with E-state index in [1.54, 1.807) is 0 Å². The summed E-state index contributed by atoms with van der Waals surface area (Å²) >= 11 is 0. The molecule has 1 nitrogen and oxygen atoms in total. The van der Waals surface area contributed by atoms with Crippen molar-refractivity contribution in [1.29, 1.82) is 0 Å². The monoisotopic (exact) mass is 184 g/mol. The van der Waals surface area contributed by atoms with Crippen LogP contribution in [0.15, 0.2) is 0 Å². The summed E-state index contributed by atoms with van der Waals surface area (Å²) in [6, 6.07) is 0. The fourth-order valence-corrected chi connectivity index (χ4v) is 1.72. The maximum absolute atomic E-state index is 3.88. The molecule has 1 heteroatoms. The molecule has 0 spiro atoms. The van der Waals surface area contributed by atoms with Gasteiger partial charge in [0.25, 0.3) is 0 Å². The van der Waals surface area contributed by atoms with Crippen LogP contribution in [-0.2, 0) is 0 Å². The zero-order chi connectivity index (χ0) is 10.1. The number of nitrogens with zero attached hydrogens (tertiary/aromatic N) is 1. The van der Waals surface area contributed by atoms with Gasteiger partial charge in [-0.15, -0.1) is 0 Å². The lowest BCUT2D eigenvalue weighted by atomic mass is 9.99. The molecular formula is C12H26N. The molecule has 0 rings (SSSR count). The number of rotatable bonds is 8. The second-order valence-electron chi connectivity index (χ2n) is 4.03. The third-order valence-electron chi connectivity index (χ3n) is 2.65. The molecule has 0 aliphatic carbocycles. The molecule has 79 valence electrons. The van der Waals surface area contributed by atoms with Crippen molar-refractivity contribution < 1.29 is 0 Å². The summed E-state index contributed by atoms with van der Waals surface area (Å²) in [5.41, 5.74) is 0. The highest BCUT2D eigenvalue weighted by molar-refractivity contribution is 4.62. The van der Waals surface area contributed by atoms with Gasteiger partial charge in [-0.1, -0.05) is 40.0 Å². The Bertz CT molecular complexity index is 101. The lowest BCUT2D eigenvalue weighted by molar-refractivity contribution is 0.263. The van der Waals surface area contributed by atoms with Crippen molar-refractivity contribution in [3.8, 4) is 0 Å². The van der Waals surface area contributed by atoms with Crippen LogP contribution in [0.3, 0.4) is 0 Å². The van der Waals surface area contributed by atoms with E-state index in [0.717, 1.165) is 18.9 Å². The van der Waals surface area contributed by atoms with Gasteiger partial charge in [0.05, 0.1) is 0 Å². The van der Waals surface area contributed by atoms with E-state index in [2.05, 4.69) is 32.7 Å². The second-order valence-corrected chi connectivity index (χ2v) is 4.03. The zero-order valence-corrected chi connectivity index (χ0v) is 9.68. The van der Waals surface area contributed by atoms with Gasteiger partial charge in [0.1, 0.15) is 0 Å². The van der Waals surface area contributed by atoms with E-state index in [4.69, 9.17) is 0 Å². The topological polar surface area (TPSA) is 3.24 Å². The summed E-state index contributed by atoms with van der Waals surface area (Å²) in [6.45, 7) is 10.9. The minimum absolute atomic E-state index is 0.900. The first kappa shape index (κ1) is 13.0. The van der Waals surface area contributed by atoms with E-state index in [9.17, 15) is 0 Å². The van der Waals surface area contributed by atoms with Crippen LogP contribution in [-0.4, -0.2) is 25.0 Å². The molecule has 0 fully saturated rings. The maximum atomic E-state index is 3.88. The Hall–Kier alpha value is -0.0400. The minimum Gasteiger partial charge on any atom is -0.306 e. The van der Waals surface area contributed by atoms with Crippen molar-refractivity contribution in [3.63, 3.8) is 0 Å². The molecule has 0 aromatic carbocycles. The van der Waals surface area contributed by atoms with Gasteiger partial charge in [-0.05, 0) is 32.4 Å². The lowest BCUT2D eigenvalue weighted by Gasteiger charge is -2.22. The Morgan fingerprint density at radius 1 is 1.31 bits per heavy atom. The maximum Gasteiger partial charge on any atom is 0.000650 e. The third-order valence-corrected chi connectivity index (χ3v) is 2.65. The van der Waals surface area contributed by atoms with Gasteiger partial charge in [-0.25, -0.2) is 0 Å². The SMILES string of the molecule is [CH2]CCN(C)CC(CC)CCCC. The van der Waals surface area contributed by atoms with Gasteiger partial charge >= 0.3 is 0 Å². The molecule has 0 aromatic heterocycles. The van der Waals surface area contributed by atoms with E-state index in [-0.39, 0.29) is 0 Å². The lowest BCUT2D eigenvalue weighted by Crippen LogP contribution is -2.26. The molecular weight excluding hydrogens is 158 g/mol. The highest BCUT2D eigenvalue weighted by Gasteiger charge is 2.08. The average molecular weight is 184 g/mol. The van der Waals surface area contributed by atoms with Crippen LogP contribution in [0.1, 0.15) is 46.0 Å². The summed E-state index contributed by atoms with van der Waals surface area (Å²) in [5, 5.41) is 0. The molecule has 13 heavy (non-hydrogen) atoms. The van der Waals surface area contributed by atoms with E-state index >= 15 is 0 Å². The Morgan fingerprint density at radius 2 is 2.00 bits per heavy atom. The van der Waals surface area contributed by atoms with Crippen LogP contribution in [0, 0.1) is 12.8 Å². The van der Waals surface area contributed by atoms with Gasteiger partial charge in [-0.3, -0.25) is 0 Å². The van der Waals surface area contributed by atoms with Gasteiger partial charge in [0.15, 0.2) is 0 Å². The van der Waals surface area contributed by atoms with E-state index in [1.807, 2.05) is 0 Å². The Kier molecular flexibility index (Phi) is 8.53. The van der Waals surface area contributed by atoms with Crippen LogP contribution in [0.25, 0.3) is 0 Å². The fraction of sp³-hybridized carbons (Fsp3) is 0.917. The molecule has 0 saturated heterocycles. The predicted octanol–water partition coefficient (Wildman–Crippen LogP) is 3.36. The van der Waals surface area contributed by atoms with Crippen molar-refractivity contribution in [2.75, 3.05) is 20.1 Å². The zero-order valence-electron chi connectivity index (χ0n) is 9.68. The molecule has 1 unspecified atom stereocenters. The average Bonchev–Trinajstić information content (AvgIpc) is 2.12. The summed E-state index contributed by atoms with van der Waals surface area (Å²) in [6.07, 6.45) is 6.46. The van der Waals surface area contributed by atoms with Crippen molar-refractivity contribution in [3.05, 3.63) is 6.92 Å². The quantitative estimate of drug-likeness (QED) is 0.559. The first-order valence-corrected chi connectivity index (χ1v) is 5.72. The molecule has 1 radical (unpaired) electrons. The molecule has 0 amide bonds. The normalized spacial score (nSPS) is 13.6.